The average Bonchev–Trinajstić information content (AvgIpc) is 2.30. The molecule has 0 aliphatic rings. The Hall–Kier alpha value is -0.480. The van der Waals surface area contributed by atoms with Crippen LogP contribution in [-0.4, -0.2) is 23.9 Å². The van der Waals surface area contributed by atoms with Gasteiger partial charge in [-0.05, 0) is 24.6 Å². The Morgan fingerprint density at radius 2 is 2.00 bits per heavy atom. The molecule has 6 heteroatoms. The number of hydrogen-bond donors (Lipinski definition) is 1. The Labute approximate surface area is 124 Å². The lowest BCUT2D eigenvalue weighted by Crippen LogP contribution is -2.31. The van der Waals surface area contributed by atoms with Gasteiger partial charge < -0.3 is 10.6 Å². The van der Waals surface area contributed by atoms with Gasteiger partial charge in [-0.15, -0.1) is 12.4 Å². The van der Waals surface area contributed by atoms with Crippen LogP contribution in [0.5, 0.6) is 0 Å². The van der Waals surface area contributed by atoms with Crippen LogP contribution in [0.1, 0.15) is 18.9 Å². The van der Waals surface area contributed by atoms with Gasteiger partial charge in [-0.25, -0.2) is 0 Å². The smallest absolute Gasteiger partial charge is 0.224 e. The van der Waals surface area contributed by atoms with Gasteiger partial charge in [0.2, 0.25) is 5.91 Å². The first-order valence-electron chi connectivity index (χ1n) is 5.50. The van der Waals surface area contributed by atoms with Crippen molar-refractivity contribution in [3.8, 4) is 0 Å². The Morgan fingerprint density at radius 1 is 1.33 bits per heavy atom. The molecule has 0 aromatic heterocycles. The van der Waals surface area contributed by atoms with Crippen LogP contribution in [0.4, 0.5) is 0 Å². The Kier molecular flexibility index (Phi) is 8.36. The lowest BCUT2D eigenvalue weighted by molar-refractivity contribution is -0.131. The van der Waals surface area contributed by atoms with Gasteiger partial charge in [0.15, 0.2) is 0 Å². The first-order valence-corrected chi connectivity index (χ1v) is 6.25. The Bertz CT molecular complexity index is 399. The number of hydrogen-bond acceptors (Lipinski definition) is 2. The highest BCUT2D eigenvalue weighted by atomic mass is 35.5. The van der Waals surface area contributed by atoms with E-state index in [1.165, 1.54) is 0 Å². The molecule has 18 heavy (non-hydrogen) atoms. The summed E-state index contributed by atoms with van der Waals surface area (Å²) in [6.45, 7) is 3.49. The van der Waals surface area contributed by atoms with Crippen molar-refractivity contribution in [2.24, 2.45) is 5.73 Å². The highest BCUT2D eigenvalue weighted by molar-refractivity contribution is 6.42. The number of rotatable bonds is 5. The molecule has 0 heterocycles. The molecule has 0 unspecified atom stereocenters. The van der Waals surface area contributed by atoms with Crippen LogP contribution in [0.3, 0.4) is 0 Å². The van der Waals surface area contributed by atoms with E-state index in [4.69, 9.17) is 28.9 Å². The van der Waals surface area contributed by atoms with E-state index in [9.17, 15) is 4.79 Å². The number of nitrogens with zero attached hydrogens (tertiary/aromatic N) is 1. The first-order chi connectivity index (χ1) is 8.08. The molecule has 102 valence electrons. The molecule has 0 aliphatic heterocycles. The number of carbonyl (C=O) groups excluding carboxylic acids is 1. The minimum atomic E-state index is 0. The normalized spacial score (nSPS) is 9.78. The number of benzene rings is 1. The monoisotopic (exact) mass is 310 g/mol. The number of halogens is 3. The second-order valence-corrected chi connectivity index (χ2v) is 4.51. The summed E-state index contributed by atoms with van der Waals surface area (Å²) in [7, 11) is 0. The minimum absolute atomic E-state index is 0. The van der Waals surface area contributed by atoms with E-state index in [1.54, 1.807) is 17.0 Å². The molecule has 1 amide bonds. The molecule has 0 saturated carbocycles. The van der Waals surface area contributed by atoms with Crippen LogP contribution in [-0.2, 0) is 11.3 Å². The topological polar surface area (TPSA) is 46.3 Å². The third kappa shape index (κ3) is 5.02. The number of amides is 1. The fourth-order valence-electron chi connectivity index (χ4n) is 1.52. The van der Waals surface area contributed by atoms with Crippen molar-refractivity contribution in [3.05, 3.63) is 33.8 Å². The van der Waals surface area contributed by atoms with Crippen molar-refractivity contribution >= 4 is 41.5 Å². The van der Waals surface area contributed by atoms with Crippen LogP contribution in [0, 0.1) is 0 Å². The van der Waals surface area contributed by atoms with E-state index in [0.717, 1.165) is 5.56 Å². The highest BCUT2D eigenvalue weighted by Gasteiger charge is 2.11. The molecule has 0 fully saturated rings. The van der Waals surface area contributed by atoms with E-state index in [2.05, 4.69) is 0 Å². The summed E-state index contributed by atoms with van der Waals surface area (Å²) in [6.07, 6.45) is 0.370. The third-order valence-electron chi connectivity index (χ3n) is 2.45. The molecule has 0 saturated heterocycles. The van der Waals surface area contributed by atoms with Crippen molar-refractivity contribution in [1.82, 2.24) is 4.90 Å². The van der Waals surface area contributed by atoms with E-state index in [0.29, 0.717) is 36.1 Å². The summed E-state index contributed by atoms with van der Waals surface area (Å²) in [5.41, 5.74) is 6.34. The fraction of sp³-hybridized carbons (Fsp3) is 0.417. The molecule has 1 aromatic carbocycles. The molecule has 0 atom stereocenters. The molecule has 0 bridgehead atoms. The SMILES string of the molecule is CCN(Cc1ccc(Cl)c(Cl)c1)C(=O)CCN.Cl. The lowest BCUT2D eigenvalue weighted by Gasteiger charge is -2.21. The van der Waals surface area contributed by atoms with Gasteiger partial charge in [-0.3, -0.25) is 4.79 Å². The zero-order valence-electron chi connectivity index (χ0n) is 10.2. The number of nitrogens with two attached hydrogens (primary N) is 1. The van der Waals surface area contributed by atoms with Crippen LogP contribution >= 0.6 is 35.6 Å². The molecule has 3 nitrogen and oxygen atoms in total. The molecule has 1 rings (SSSR count). The third-order valence-corrected chi connectivity index (χ3v) is 3.19. The molecule has 0 spiro atoms. The average molecular weight is 312 g/mol. The molecule has 1 aromatic rings. The van der Waals surface area contributed by atoms with Gasteiger partial charge in [0.25, 0.3) is 0 Å². The van der Waals surface area contributed by atoms with Gasteiger partial charge in [0, 0.05) is 26.1 Å². The number of carbonyl (C=O) groups is 1. The minimum Gasteiger partial charge on any atom is -0.339 e. The van der Waals surface area contributed by atoms with Gasteiger partial charge >= 0.3 is 0 Å². The molecule has 0 aliphatic carbocycles. The maximum absolute atomic E-state index is 11.7. The summed E-state index contributed by atoms with van der Waals surface area (Å²) < 4.78 is 0. The van der Waals surface area contributed by atoms with E-state index in [-0.39, 0.29) is 18.3 Å². The molecular formula is C12H17Cl3N2O. The van der Waals surface area contributed by atoms with Crippen molar-refractivity contribution in [2.75, 3.05) is 13.1 Å². The Morgan fingerprint density at radius 3 is 2.50 bits per heavy atom. The van der Waals surface area contributed by atoms with Crippen LogP contribution in [0.2, 0.25) is 10.0 Å². The summed E-state index contributed by atoms with van der Waals surface area (Å²) in [4.78, 5) is 13.5. The zero-order valence-corrected chi connectivity index (χ0v) is 12.5. The maximum Gasteiger partial charge on any atom is 0.224 e. The van der Waals surface area contributed by atoms with Crippen LogP contribution in [0.25, 0.3) is 0 Å². The first kappa shape index (κ1) is 17.5. The van der Waals surface area contributed by atoms with Crippen LogP contribution < -0.4 is 5.73 Å². The van der Waals surface area contributed by atoms with Crippen molar-refractivity contribution < 1.29 is 4.79 Å². The van der Waals surface area contributed by atoms with Crippen molar-refractivity contribution in [2.45, 2.75) is 19.9 Å². The summed E-state index contributed by atoms with van der Waals surface area (Å²) in [5.74, 6) is 0.0565. The second-order valence-electron chi connectivity index (χ2n) is 3.70. The molecular weight excluding hydrogens is 295 g/mol. The predicted octanol–water partition coefficient (Wildman–Crippen LogP) is 3.11. The Balaban J connectivity index is 0.00000289. The second kappa shape index (κ2) is 8.59. The van der Waals surface area contributed by atoms with Gasteiger partial charge in [-0.1, -0.05) is 29.3 Å². The van der Waals surface area contributed by atoms with Crippen LogP contribution in [0.15, 0.2) is 18.2 Å². The van der Waals surface area contributed by atoms with Gasteiger partial charge in [-0.2, -0.15) is 0 Å². The predicted molar refractivity (Wildman–Crippen MR) is 78.5 cm³/mol. The van der Waals surface area contributed by atoms with Crippen molar-refractivity contribution in [3.63, 3.8) is 0 Å². The quantitative estimate of drug-likeness (QED) is 0.908. The molecule has 2 N–H and O–H groups in total. The molecule has 0 radical (unpaired) electrons. The van der Waals surface area contributed by atoms with E-state index in [1.807, 2.05) is 13.0 Å². The standard InChI is InChI=1S/C12H16Cl2N2O.ClH/c1-2-16(12(17)5-6-15)8-9-3-4-10(13)11(14)7-9;/h3-4,7H,2,5-6,8,15H2,1H3;1H. The zero-order chi connectivity index (χ0) is 12.8. The van der Waals surface area contributed by atoms with Gasteiger partial charge in [0.05, 0.1) is 10.0 Å². The van der Waals surface area contributed by atoms with Crippen molar-refractivity contribution in [1.29, 1.82) is 0 Å². The van der Waals surface area contributed by atoms with E-state index >= 15 is 0 Å². The summed E-state index contributed by atoms with van der Waals surface area (Å²) in [5, 5.41) is 1.03. The highest BCUT2D eigenvalue weighted by Crippen LogP contribution is 2.23. The maximum atomic E-state index is 11.7. The lowest BCUT2D eigenvalue weighted by atomic mass is 10.2. The summed E-state index contributed by atoms with van der Waals surface area (Å²) in [6, 6.07) is 5.38. The fourth-order valence-corrected chi connectivity index (χ4v) is 1.84. The summed E-state index contributed by atoms with van der Waals surface area (Å²) >= 11 is 11.8. The largest absolute Gasteiger partial charge is 0.339 e. The van der Waals surface area contributed by atoms with Gasteiger partial charge in [0.1, 0.15) is 0 Å². The van der Waals surface area contributed by atoms with E-state index < -0.39 is 0 Å².